The molecular formula is C12H18ClN5S. The summed E-state index contributed by atoms with van der Waals surface area (Å²) in [5.41, 5.74) is 0. The first-order chi connectivity index (χ1) is 9.31. The molecule has 5 nitrogen and oxygen atoms in total. The van der Waals surface area contributed by atoms with Crippen molar-refractivity contribution in [2.75, 3.05) is 34.8 Å². The molecule has 0 bridgehead atoms. The molecule has 0 spiro atoms. The molecule has 0 aromatic carbocycles. The molecule has 0 radical (unpaired) electrons. The summed E-state index contributed by atoms with van der Waals surface area (Å²) in [6.07, 6.45) is 4.72. The van der Waals surface area contributed by atoms with Gasteiger partial charge in [-0.15, -0.1) is 0 Å². The van der Waals surface area contributed by atoms with Crippen molar-refractivity contribution >= 4 is 35.3 Å². The molecule has 104 valence electrons. The van der Waals surface area contributed by atoms with Gasteiger partial charge in [0.2, 0.25) is 17.2 Å². The third kappa shape index (κ3) is 3.42. The molecule has 7 heteroatoms. The highest BCUT2D eigenvalue weighted by Gasteiger charge is 2.19. The monoisotopic (exact) mass is 299 g/mol. The molecule has 1 aromatic rings. The van der Waals surface area contributed by atoms with Crippen LogP contribution in [0.15, 0.2) is 0 Å². The Bertz CT molecular complexity index is 432. The van der Waals surface area contributed by atoms with Gasteiger partial charge in [-0.25, -0.2) is 0 Å². The maximum absolute atomic E-state index is 6.01. The minimum Gasteiger partial charge on any atom is -0.351 e. The number of thioether (sulfide) groups is 1. The summed E-state index contributed by atoms with van der Waals surface area (Å²) in [6.45, 7) is 2.03. The fraction of sp³-hybridized carbons (Fsp3) is 0.750. The van der Waals surface area contributed by atoms with E-state index in [0.29, 0.717) is 17.9 Å². The van der Waals surface area contributed by atoms with Crippen LogP contribution in [0, 0.1) is 0 Å². The Morgan fingerprint density at radius 1 is 1.11 bits per heavy atom. The number of halogens is 1. The maximum Gasteiger partial charge on any atom is 0.231 e. The smallest absolute Gasteiger partial charge is 0.231 e. The second-order valence-corrected chi connectivity index (χ2v) is 6.52. The fourth-order valence-corrected chi connectivity index (χ4v) is 3.75. The average molecular weight is 300 g/mol. The Morgan fingerprint density at radius 2 is 1.84 bits per heavy atom. The molecule has 0 saturated carbocycles. The van der Waals surface area contributed by atoms with Crippen LogP contribution in [-0.4, -0.2) is 45.6 Å². The fourth-order valence-electron chi connectivity index (χ4n) is 2.49. The van der Waals surface area contributed by atoms with Crippen LogP contribution in [0.25, 0.3) is 0 Å². The predicted octanol–water partition coefficient (Wildman–Crippen LogP) is 2.43. The molecule has 0 unspecified atom stereocenters. The van der Waals surface area contributed by atoms with Crippen molar-refractivity contribution in [2.45, 2.75) is 31.7 Å². The normalized spacial score (nSPS) is 20.8. The molecular weight excluding hydrogens is 282 g/mol. The van der Waals surface area contributed by atoms with Crippen molar-refractivity contribution in [1.82, 2.24) is 15.0 Å². The van der Waals surface area contributed by atoms with Gasteiger partial charge >= 0.3 is 0 Å². The highest BCUT2D eigenvalue weighted by atomic mass is 35.5. The van der Waals surface area contributed by atoms with Gasteiger partial charge in [-0.05, 0) is 48.8 Å². The van der Waals surface area contributed by atoms with Crippen LogP contribution in [-0.2, 0) is 0 Å². The van der Waals surface area contributed by atoms with Gasteiger partial charge in [-0.3, -0.25) is 0 Å². The lowest BCUT2D eigenvalue weighted by atomic mass is 10.2. The van der Waals surface area contributed by atoms with E-state index >= 15 is 0 Å². The van der Waals surface area contributed by atoms with Crippen molar-refractivity contribution in [2.24, 2.45) is 0 Å². The molecule has 19 heavy (non-hydrogen) atoms. The first-order valence-corrected chi connectivity index (χ1v) is 8.35. The largest absolute Gasteiger partial charge is 0.351 e. The van der Waals surface area contributed by atoms with E-state index in [0.717, 1.165) is 25.9 Å². The third-order valence-corrected chi connectivity index (χ3v) is 4.76. The van der Waals surface area contributed by atoms with Gasteiger partial charge < -0.3 is 10.2 Å². The molecule has 1 N–H and O–H groups in total. The number of hydrogen-bond donors (Lipinski definition) is 1. The lowest BCUT2D eigenvalue weighted by Crippen LogP contribution is -2.27. The molecule has 2 aliphatic rings. The van der Waals surface area contributed by atoms with E-state index in [9.17, 15) is 0 Å². The highest BCUT2D eigenvalue weighted by molar-refractivity contribution is 7.99. The minimum atomic E-state index is 0.282. The zero-order valence-electron chi connectivity index (χ0n) is 10.8. The molecule has 3 heterocycles. The van der Waals surface area contributed by atoms with Gasteiger partial charge in [0, 0.05) is 19.1 Å². The maximum atomic E-state index is 6.01. The highest BCUT2D eigenvalue weighted by Crippen LogP contribution is 2.22. The Hall–Kier alpha value is -0.750. The van der Waals surface area contributed by atoms with Crippen molar-refractivity contribution < 1.29 is 0 Å². The topological polar surface area (TPSA) is 53.9 Å². The number of anilines is 2. The van der Waals surface area contributed by atoms with Crippen molar-refractivity contribution in [3.63, 3.8) is 0 Å². The zero-order valence-corrected chi connectivity index (χ0v) is 12.4. The van der Waals surface area contributed by atoms with E-state index in [1.54, 1.807) is 0 Å². The summed E-state index contributed by atoms with van der Waals surface area (Å²) < 4.78 is 0. The van der Waals surface area contributed by atoms with Gasteiger partial charge in [0.05, 0.1) is 0 Å². The van der Waals surface area contributed by atoms with Crippen LogP contribution in [0.3, 0.4) is 0 Å². The molecule has 0 atom stereocenters. The van der Waals surface area contributed by atoms with E-state index in [1.165, 1.54) is 24.3 Å². The minimum absolute atomic E-state index is 0.282. The molecule has 3 rings (SSSR count). The predicted molar refractivity (Wildman–Crippen MR) is 80.3 cm³/mol. The Kier molecular flexibility index (Phi) is 4.28. The average Bonchev–Trinajstić information content (AvgIpc) is 2.93. The first-order valence-electron chi connectivity index (χ1n) is 6.82. The van der Waals surface area contributed by atoms with E-state index in [1.807, 2.05) is 11.8 Å². The zero-order chi connectivity index (χ0) is 13.1. The van der Waals surface area contributed by atoms with Crippen LogP contribution < -0.4 is 10.2 Å². The van der Waals surface area contributed by atoms with Crippen LogP contribution in [0.5, 0.6) is 0 Å². The van der Waals surface area contributed by atoms with Gasteiger partial charge in [-0.1, -0.05) is 0 Å². The number of hydrogen-bond acceptors (Lipinski definition) is 6. The number of rotatable bonds is 3. The second-order valence-electron chi connectivity index (χ2n) is 4.95. The van der Waals surface area contributed by atoms with Gasteiger partial charge in [-0.2, -0.15) is 26.7 Å². The van der Waals surface area contributed by atoms with Gasteiger partial charge in [0.25, 0.3) is 0 Å². The lowest BCUT2D eigenvalue weighted by molar-refractivity contribution is 0.658. The van der Waals surface area contributed by atoms with Crippen molar-refractivity contribution in [1.29, 1.82) is 0 Å². The quantitative estimate of drug-likeness (QED) is 0.925. The van der Waals surface area contributed by atoms with Crippen LogP contribution in [0.4, 0.5) is 11.9 Å². The molecule has 2 aliphatic heterocycles. The summed E-state index contributed by atoms with van der Waals surface area (Å²) in [5, 5.41) is 3.68. The molecule has 0 amide bonds. The summed E-state index contributed by atoms with van der Waals surface area (Å²) in [6, 6.07) is 0.464. The second kappa shape index (κ2) is 6.13. The van der Waals surface area contributed by atoms with E-state index in [2.05, 4.69) is 25.2 Å². The number of aromatic nitrogens is 3. The summed E-state index contributed by atoms with van der Waals surface area (Å²) >= 11 is 8.02. The van der Waals surface area contributed by atoms with E-state index in [-0.39, 0.29) is 5.28 Å². The molecule has 2 fully saturated rings. The first kappa shape index (κ1) is 13.2. The third-order valence-electron chi connectivity index (χ3n) is 3.54. The van der Waals surface area contributed by atoms with Crippen LogP contribution >= 0.6 is 23.4 Å². The van der Waals surface area contributed by atoms with Gasteiger partial charge in [0.1, 0.15) is 0 Å². The van der Waals surface area contributed by atoms with Gasteiger partial charge in [0.15, 0.2) is 0 Å². The van der Waals surface area contributed by atoms with Crippen molar-refractivity contribution in [3.8, 4) is 0 Å². The van der Waals surface area contributed by atoms with Crippen LogP contribution in [0.2, 0.25) is 5.28 Å². The Labute approximate surface area is 122 Å². The molecule has 0 aliphatic carbocycles. The molecule has 1 aromatic heterocycles. The SMILES string of the molecule is Clc1nc(NC2CCSCC2)nc(N2CCCC2)n1. The van der Waals surface area contributed by atoms with E-state index in [4.69, 9.17) is 11.6 Å². The van der Waals surface area contributed by atoms with E-state index < -0.39 is 0 Å². The Morgan fingerprint density at radius 3 is 2.58 bits per heavy atom. The number of nitrogens with zero attached hydrogens (tertiary/aromatic N) is 4. The summed E-state index contributed by atoms with van der Waals surface area (Å²) in [7, 11) is 0. The lowest BCUT2D eigenvalue weighted by Gasteiger charge is -2.23. The Balaban J connectivity index is 1.73. The number of nitrogens with one attached hydrogen (secondary N) is 1. The summed E-state index contributed by atoms with van der Waals surface area (Å²) in [5.74, 6) is 3.74. The van der Waals surface area contributed by atoms with Crippen LogP contribution in [0.1, 0.15) is 25.7 Å². The molecule has 2 saturated heterocycles. The van der Waals surface area contributed by atoms with Crippen molar-refractivity contribution in [3.05, 3.63) is 5.28 Å². The standard InChI is InChI=1S/C12H18ClN5S/c13-10-15-11(14-9-3-7-19-8-4-9)17-12(16-10)18-5-1-2-6-18/h9H,1-8H2,(H,14,15,16,17). The summed E-state index contributed by atoms with van der Waals surface area (Å²) in [4.78, 5) is 15.1.